The Morgan fingerprint density at radius 2 is 0.778 bits per heavy atom. The molecule has 0 fully saturated rings. The molecule has 316 valence electrons. The van der Waals surface area contributed by atoms with Crippen molar-refractivity contribution in [3.05, 3.63) is 48.6 Å². The van der Waals surface area contributed by atoms with Crippen LogP contribution in [0.4, 0.5) is 0 Å². The lowest BCUT2D eigenvalue weighted by Gasteiger charge is -2.19. The molecule has 0 spiro atoms. The predicted molar refractivity (Wildman–Crippen MR) is 239 cm³/mol. The molecule has 0 aliphatic heterocycles. The number of hydrogen-bond donors (Lipinski definition) is 3. The van der Waals surface area contributed by atoms with Crippen molar-refractivity contribution in [3.63, 3.8) is 0 Å². The highest BCUT2D eigenvalue weighted by Gasteiger charge is 2.17. The number of hydrogen-bond acceptors (Lipinski definition) is 3. The second-order valence-electron chi connectivity index (χ2n) is 16.2. The van der Waals surface area contributed by atoms with Gasteiger partial charge < -0.3 is 15.5 Å². The van der Waals surface area contributed by atoms with Gasteiger partial charge in [0.15, 0.2) is 0 Å². The van der Waals surface area contributed by atoms with E-state index in [-0.39, 0.29) is 12.5 Å². The number of unbranched alkanes of at least 4 members (excludes halogenated alkanes) is 30. The molecule has 54 heavy (non-hydrogen) atoms. The maximum atomic E-state index is 12.4. The third-order valence-corrected chi connectivity index (χ3v) is 10.8. The standard InChI is InChI=1S/C50H93NO3/c1-3-5-7-9-11-13-15-17-19-20-21-22-23-24-25-26-27-28-29-30-32-34-36-38-40-42-44-46-50(54)51-48(47-52)49(53)45-43-41-39-37-35-33-31-18-16-14-12-10-8-6-4-2/h15,17,20-21,35,37,43,45,48-49,52-53H,3-14,16,18-19,22-34,36,38-42,44,46-47H2,1-2H3,(H,51,54)/b17-15-,21-20-,37-35+,45-43+. The molecule has 0 aromatic carbocycles. The molecule has 0 heterocycles. The van der Waals surface area contributed by atoms with E-state index in [1.807, 2.05) is 6.08 Å². The Morgan fingerprint density at radius 3 is 1.19 bits per heavy atom. The van der Waals surface area contributed by atoms with Gasteiger partial charge in [-0.1, -0.05) is 223 Å². The molecular formula is C50H93NO3. The summed E-state index contributed by atoms with van der Waals surface area (Å²) in [5.41, 5.74) is 0. The monoisotopic (exact) mass is 756 g/mol. The fourth-order valence-electron chi connectivity index (χ4n) is 7.11. The van der Waals surface area contributed by atoms with E-state index < -0.39 is 12.1 Å². The third kappa shape index (κ3) is 41.5. The summed E-state index contributed by atoms with van der Waals surface area (Å²) in [6.45, 7) is 4.29. The van der Waals surface area contributed by atoms with Crippen LogP contribution < -0.4 is 5.32 Å². The molecule has 0 bridgehead atoms. The molecule has 1 amide bonds. The molecule has 0 rings (SSSR count). The van der Waals surface area contributed by atoms with Crippen LogP contribution in [0.1, 0.15) is 245 Å². The SMILES string of the molecule is CCCCCCC/C=C\C/C=C\CCCCCCCCCCCCCCCCCC(=O)NC(CO)C(O)/C=C/CC/C=C/CCCCCCCCCCC. The molecule has 0 aromatic heterocycles. The first-order chi connectivity index (χ1) is 26.7. The number of nitrogens with one attached hydrogen (secondary N) is 1. The molecular weight excluding hydrogens is 663 g/mol. The minimum atomic E-state index is -0.861. The first kappa shape index (κ1) is 52.3. The lowest BCUT2D eigenvalue weighted by Crippen LogP contribution is -2.45. The van der Waals surface area contributed by atoms with Crippen LogP contribution in [0.15, 0.2) is 48.6 Å². The van der Waals surface area contributed by atoms with Crippen molar-refractivity contribution in [1.82, 2.24) is 5.32 Å². The minimum absolute atomic E-state index is 0.0736. The number of aliphatic hydroxyl groups is 2. The Bertz CT molecular complexity index is 862. The summed E-state index contributed by atoms with van der Waals surface area (Å²) in [4.78, 5) is 12.4. The summed E-state index contributed by atoms with van der Waals surface area (Å²) < 4.78 is 0. The van der Waals surface area contributed by atoms with Gasteiger partial charge in [-0.05, 0) is 64.2 Å². The summed E-state index contributed by atoms with van der Waals surface area (Å²) >= 11 is 0. The largest absolute Gasteiger partial charge is 0.394 e. The highest BCUT2D eigenvalue weighted by atomic mass is 16.3. The molecule has 4 heteroatoms. The Balaban J connectivity index is 3.53. The van der Waals surface area contributed by atoms with Crippen molar-refractivity contribution in [3.8, 4) is 0 Å². The topological polar surface area (TPSA) is 69.6 Å². The highest BCUT2D eigenvalue weighted by molar-refractivity contribution is 5.76. The van der Waals surface area contributed by atoms with Gasteiger partial charge in [-0.15, -0.1) is 0 Å². The first-order valence-corrected chi connectivity index (χ1v) is 23.9. The van der Waals surface area contributed by atoms with E-state index in [2.05, 4.69) is 55.6 Å². The van der Waals surface area contributed by atoms with Gasteiger partial charge in [-0.2, -0.15) is 0 Å². The maximum absolute atomic E-state index is 12.4. The van der Waals surface area contributed by atoms with E-state index in [9.17, 15) is 15.0 Å². The van der Waals surface area contributed by atoms with E-state index >= 15 is 0 Å². The fraction of sp³-hybridized carbons (Fsp3) is 0.820. The summed E-state index contributed by atoms with van der Waals surface area (Å²) in [6, 6.07) is -0.638. The van der Waals surface area contributed by atoms with Crippen LogP contribution in [0.3, 0.4) is 0 Å². The number of allylic oxidation sites excluding steroid dienone is 7. The summed E-state index contributed by atoms with van der Waals surface area (Å²) in [7, 11) is 0. The van der Waals surface area contributed by atoms with Crippen molar-refractivity contribution < 1.29 is 15.0 Å². The summed E-state index contributed by atoms with van der Waals surface area (Å²) in [5, 5.41) is 23.0. The van der Waals surface area contributed by atoms with Gasteiger partial charge in [-0.3, -0.25) is 4.79 Å². The highest BCUT2D eigenvalue weighted by Crippen LogP contribution is 2.15. The smallest absolute Gasteiger partial charge is 0.220 e. The zero-order chi connectivity index (χ0) is 39.3. The van der Waals surface area contributed by atoms with E-state index in [0.717, 1.165) is 38.5 Å². The lowest BCUT2D eigenvalue weighted by atomic mass is 10.0. The Labute approximate surface area is 337 Å². The van der Waals surface area contributed by atoms with Gasteiger partial charge in [0.2, 0.25) is 5.91 Å². The van der Waals surface area contributed by atoms with E-state index in [4.69, 9.17) is 0 Å². The van der Waals surface area contributed by atoms with Crippen molar-refractivity contribution in [2.45, 2.75) is 257 Å². The number of rotatable bonds is 43. The molecule has 0 saturated heterocycles. The van der Waals surface area contributed by atoms with Crippen LogP contribution in [0, 0.1) is 0 Å². The van der Waals surface area contributed by atoms with Crippen LogP contribution in [-0.2, 0) is 4.79 Å². The second-order valence-corrected chi connectivity index (χ2v) is 16.2. The molecule has 4 nitrogen and oxygen atoms in total. The number of carbonyl (C=O) groups excluding carboxylic acids is 1. The van der Waals surface area contributed by atoms with Gasteiger partial charge in [0.1, 0.15) is 0 Å². The van der Waals surface area contributed by atoms with Crippen molar-refractivity contribution in [2.24, 2.45) is 0 Å². The summed E-state index contributed by atoms with van der Waals surface area (Å²) in [6.07, 6.45) is 62.4. The molecule has 0 aromatic rings. The van der Waals surface area contributed by atoms with Crippen LogP contribution in [0.25, 0.3) is 0 Å². The van der Waals surface area contributed by atoms with Gasteiger partial charge in [0, 0.05) is 6.42 Å². The Hall–Kier alpha value is -1.65. The van der Waals surface area contributed by atoms with E-state index in [0.29, 0.717) is 6.42 Å². The van der Waals surface area contributed by atoms with Gasteiger partial charge in [0.25, 0.3) is 0 Å². The first-order valence-electron chi connectivity index (χ1n) is 23.9. The molecule has 2 atom stereocenters. The normalized spacial score (nSPS) is 13.3. The van der Waals surface area contributed by atoms with Crippen molar-refractivity contribution >= 4 is 5.91 Å². The minimum Gasteiger partial charge on any atom is -0.394 e. The van der Waals surface area contributed by atoms with Crippen LogP contribution in [0.5, 0.6) is 0 Å². The molecule has 0 aliphatic rings. The van der Waals surface area contributed by atoms with Gasteiger partial charge in [-0.25, -0.2) is 0 Å². The zero-order valence-electron chi connectivity index (χ0n) is 36.2. The van der Waals surface area contributed by atoms with Crippen molar-refractivity contribution in [2.75, 3.05) is 6.61 Å². The van der Waals surface area contributed by atoms with Crippen LogP contribution in [0.2, 0.25) is 0 Å². The van der Waals surface area contributed by atoms with E-state index in [1.165, 1.54) is 186 Å². The average molecular weight is 756 g/mol. The van der Waals surface area contributed by atoms with Crippen LogP contribution >= 0.6 is 0 Å². The molecule has 0 saturated carbocycles. The zero-order valence-corrected chi connectivity index (χ0v) is 36.2. The second kappa shape index (κ2) is 45.7. The maximum Gasteiger partial charge on any atom is 0.220 e. The van der Waals surface area contributed by atoms with Crippen LogP contribution in [-0.4, -0.2) is 34.9 Å². The molecule has 3 N–H and O–H groups in total. The van der Waals surface area contributed by atoms with Crippen molar-refractivity contribution in [1.29, 1.82) is 0 Å². The predicted octanol–water partition coefficient (Wildman–Crippen LogP) is 15.1. The third-order valence-electron chi connectivity index (χ3n) is 10.8. The van der Waals surface area contributed by atoms with Gasteiger partial charge in [0.05, 0.1) is 18.8 Å². The summed E-state index contributed by atoms with van der Waals surface area (Å²) in [5.74, 6) is -0.0736. The molecule has 0 aliphatic carbocycles. The number of carbonyl (C=O) groups is 1. The fourth-order valence-corrected chi connectivity index (χ4v) is 7.11. The Kier molecular flexibility index (Phi) is 44.3. The Morgan fingerprint density at radius 1 is 0.444 bits per heavy atom. The van der Waals surface area contributed by atoms with E-state index in [1.54, 1.807) is 6.08 Å². The number of amides is 1. The quantitative estimate of drug-likeness (QED) is 0.0429. The lowest BCUT2D eigenvalue weighted by molar-refractivity contribution is -0.123. The van der Waals surface area contributed by atoms with Gasteiger partial charge >= 0.3 is 0 Å². The average Bonchev–Trinajstić information content (AvgIpc) is 3.18. The molecule has 2 unspecified atom stereocenters. The molecule has 0 radical (unpaired) electrons. The number of aliphatic hydroxyl groups excluding tert-OH is 2.